The first-order chi connectivity index (χ1) is 10.9. The third kappa shape index (κ3) is 5.71. The number of carbonyl (C=O) groups excluding carboxylic acids is 2. The van der Waals surface area contributed by atoms with Gasteiger partial charge in [-0.15, -0.1) is 11.8 Å². The molecule has 0 unspecified atom stereocenters. The van der Waals surface area contributed by atoms with E-state index in [4.69, 9.17) is 0 Å². The number of aliphatic carboxylic acids is 1. The summed E-state index contributed by atoms with van der Waals surface area (Å²) in [5, 5.41) is 12.0. The molecule has 0 aliphatic heterocycles. The summed E-state index contributed by atoms with van der Waals surface area (Å²) in [6, 6.07) is 8.92. The fourth-order valence-corrected chi connectivity index (χ4v) is 2.88. The van der Waals surface area contributed by atoms with Crippen LogP contribution in [-0.2, 0) is 9.59 Å². The maximum Gasteiger partial charge on any atom is 0.311 e. The van der Waals surface area contributed by atoms with Crippen LogP contribution in [0.5, 0.6) is 0 Å². The molecule has 0 aliphatic carbocycles. The Labute approximate surface area is 140 Å². The molecule has 1 amide bonds. The van der Waals surface area contributed by atoms with Crippen molar-refractivity contribution >= 4 is 29.4 Å². The molecule has 0 saturated heterocycles. The number of hydrogen-bond donors (Lipinski definition) is 2. The Hall–Kier alpha value is -1.82. The van der Waals surface area contributed by atoms with Crippen LogP contribution in [0.15, 0.2) is 30.3 Å². The lowest BCUT2D eigenvalue weighted by molar-refractivity contribution is -0.149. The quantitative estimate of drug-likeness (QED) is 0.641. The molecule has 2 N–H and O–H groups in total. The molecule has 0 heterocycles. The van der Waals surface area contributed by atoms with E-state index in [1.54, 1.807) is 38.1 Å². The average molecular weight is 337 g/mol. The summed E-state index contributed by atoms with van der Waals surface area (Å²) in [6.45, 7) is 3.72. The van der Waals surface area contributed by atoms with Gasteiger partial charge in [0.1, 0.15) is 0 Å². The van der Waals surface area contributed by atoms with Crippen LogP contribution in [-0.4, -0.2) is 40.8 Å². The normalized spacial score (nSPS) is 11.0. The molecule has 0 aliphatic rings. The fourth-order valence-electron chi connectivity index (χ4n) is 2.14. The van der Waals surface area contributed by atoms with E-state index in [1.165, 1.54) is 11.8 Å². The van der Waals surface area contributed by atoms with Crippen LogP contribution in [0.3, 0.4) is 0 Å². The van der Waals surface area contributed by atoms with E-state index in [2.05, 4.69) is 5.32 Å². The standard InChI is InChI=1S/C17H23NO4S/c1-3-17(4-2,16(21)22)12-18-15(20)11-23-10-14(19)13-8-6-5-7-9-13/h5-9H,3-4,10-12H2,1-2H3,(H,18,20)(H,21,22). The second kappa shape index (κ2) is 9.35. The highest BCUT2D eigenvalue weighted by atomic mass is 32.2. The Bertz CT molecular complexity index is 541. The van der Waals surface area contributed by atoms with E-state index in [-0.39, 0.29) is 29.7 Å². The van der Waals surface area contributed by atoms with E-state index in [0.29, 0.717) is 18.4 Å². The summed E-state index contributed by atoms with van der Waals surface area (Å²) in [7, 11) is 0. The number of carbonyl (C=O) groups is 3. The third-order valence-electron chi connectivity index (χ3n) is 3.99. The Kier molecular flexibility index (Phi) is 7.81. The van der Waals surface area contributed by atoms with Gasteiger partial charge in [-0.1, -0.05) is 44.2 Å². The first kappa shape index (κ1) is 19.2. The number of benzene rings is 1. The highest BCUT2D eigenvalue weighted by molar-refractivity contribution is 8.00. The summed E-state index contributed by atoms with van der Waals surface area (Å²) < 4.78 is 0. The molecule has 0 atom stereocenters. The van der Waals surface area contributed by atoms with Crippen LogP contribution in [0, 0.1) is 5.41 Å². The van der Waals surface area contributed by atoms with Gasteiger partial charge < -0.3 is 10.4 Å². The second-order valence-electron chi connectivity index (χ2n) is 5.35. The van der Waals surface area contributed by atoms with E-state index >= 15 is 0 Å². The molecule has 126 valence electrons. The van der Waals surface area contributed by atoms with Crippen molar-refractivity contribution in [2.45, 2.75) is 26.7 Å². The molecule has 1 rings (SSSR count). The van der Waals surface area contributed by atoms with Crippen molar-refractivity contribution < 1.29 is 19.5 Å². The van der Waals surface area contributed by atoms with E-state index in [9.17, 15) is 19.5 Å². The van der Waals surface area contributed by atoms with Gasteiger partial charge in [-0.3, -0.25) is 14.4 Å². The van der Waals surface area contributed by atoms with Crippen molar-refractivity contribution in [1.82, 2.24) is 5.32 Å². The minimum absolute atomic E-state index is 0.0228. The van der Waals surface area contributed by atoms with E-state index in [1.807, 2.05) is 6.07 Å². The fraction of sp³-hybridized carbons (Fsp3) is 0.471. The van der Waals surface area contributed by atoms with Crippen LogP contribution in [0.2, 0.25) is 0 Å². The zero-order valence-electron chi connectivity index (χ0n) is 13.5. The van der Waals surface area contributed by atoms with Gasteiger partial charge in [0.2, 0.25) is 5.91 Å². The SMILES string of the molecule is CCC(CC)(CNC(=O)CSCC(=O)c1ccccc1)C(=O)O. The molecular weight excluding hydrogens is 314 g/mol. The largest absolute Gasteiger partial charge is 0.481 e. The predicted octanol–water partition coefficient (Wildman–Crippen LogP) is 2.61. The van der Waals surface area contributed by atoms with Gasteiger partial charge in [0.05, 0.1) is 16.9 Å². The molecular formula is C17H23NO4S. The van der Waals surface area contributed by atoms with Crippen molar-refractivity contribution in [3.8, 4) is 0 Å². The smallest absolute Gasteiger partial charge is 0.311 e. The van der Waals surface area contributed by atoms with E-state index in [0.717, 1.165) is 0 Å². The number of carboxylic acid groups (broad SMARTS) is 1. The number of thioether (sulfide) groups is 1. The lowest BCUT2D eigenvalue weighted by atomic mass is 9.82. The molecule has 0 radical (unpaired) electrons. The van der Waals surface area contributed by atoms with Crippen LogP contribution >= 0.6 is 11.8 Å². The van der Waals surface area contributed by atoms with Crippen molar-refractivity contribution in [1.29, 1.82) is 0 Å². The lowest BCUT2D eigenvalue weighted by Crippen LogP contribution is -2.43. The molecule has 5 nitrogen and oxygen atoms in total. The predicted molar refractivity (Wildman–Crippen MR) is 91.8 cm³/mol. The van der Waals surface area contributed by atoms with Crippen molar-refractivity contribution in [2.24, 2.45) is 5.41 Å². The molecule has 0 saturated carbocycles. The van der Waals surface area contributed by atoms with Gasteiger partial charge in [0, 0.05) is 12.1 Å². The molecule has 6 heteroatoms. The molecule has 0 fully saturated rings. The van der Waals surface area contributed by atoms with Gasteiger partial charge in [-0.05, 0) is 12.8 Å². The van der Waals surface area contributed by atoms with Crippen molar-refractivity contribution in [3.05, 3.63) is 35.9 Å². The first-order valence-electron chi connectivity index (χ1n) is 7.61. The maximum absolute atomic E-state index is 11.9. The lowest BCUT2D eigenvalue weighted by Gasteiger charge is -2.26. The summed E-state index contributed by atoms with van der Waals surface area (Å²) in [6.07, 6.45) is 0.914. The highest BCUT2D eigenvalue weighted by Crippen LogP contribution is 2.25. The first-order valence-corrected chi connectivity index (χ1v) is 8.76. The Morgan fingerprint density at radius 1 is 1.09 bits per heavy atom. The Morgan fingerprint density at radius 3 is 2.22 bits per heavy atom. The van der Waals surface area contributed by atoms with Gasteiger partial charge >= 0.3 is 5.97 Å². The molecule has 1 aromatic carbocycles. The number of ketones is 1. The van der Waals surface area contributed by atoms with Crippen LogP contribution in [0.1, 0.15) is 37.0 Å². The third-order valence-corrected chi connectivity index (χ3v) is 4.93. The number of Topliss-reactive ketones (excluding diaryl/α,β-unsaturated/α-hetero) is 1. The van der Waals surface area contributed by atoms with Crippen LogP contribution < -0.4 is 5.32 Å². The number of amides is 1. The zero-order valence-corrected chi connectivity index (χ0v) is 14.3. The molecule has 1 aromatic rings. The number of rotatable bonds is 10. The van der Waals surface area contributed by atoms with Crippen molar-refractivity contribution in [2.75, 3.05) is 18.1 Å². The van der Waals surface area contributed by atoms with Gasteiger partial charge in [0.15, 0.2) is 5.78 Å². The summed E-state index contributed by atoms with van der Waals surface area (Å²) in [5.41, 5.74) is -0.289. The van der Waals surface area contributed by atoms with Gasteiger partial charge in [-0.25, -0.2) is 0 Å². The Morgan fingerprint density at radius 2 is 1.70 bits per heavy atom. The minimum Gasteiger partial charge on any atom is -0.481 e. The van der Waals surface area contributed by atoms with Gasteiger partial charge in [-0.2, -0.15) is 0 Å². The molecule has 0 bridgehead atoms. The molecule has 0 aromatic heterocycles. The van der Waals surface area contributed by atoms with Crippen LogP contribution in [0.4, 0.5) is 0 Å². The number of hydrogen-bond acceptors (Lipinski definition) is 4. The second-order valence-corrected chi connectivity index (χ2v) is 6.34. The topological polar surface area (TPSA) is 83.5 Å². The van der Waals surface area contributed by atoms with E-state index < -0.39 is 11.4 Å². The number of carboxylic acids is 1. The van der Waals surface area contributed by atoms with Crippen LogP contribution in [0.25, 0.3) is 0 Å². The maximum atomic E-state index is 11.9. The minimum atomic E-state index is -0.916. The summed E-state index contributed by atoms with van der Waals surface area (Å²) in [5.74, 6) is -0.798. The molecule has 23 heavy (non-hydrogen) atoms. The summed E-state index contributed by atoms with van der Waals surface area (Å²) >= 11 is 1.23. The average Bonchev–Trinajstić information content (AvgIpc) is 2.56. The number of nitrogens with one attached hydrogen (secondary N) is 1. The Balaban J connectivity index is 2.37. The van der Waals surface area contributed by atoms with Gasteiger partial charge in [0.25, 0.3) is 0 Å². The zero-order chi connectivity index (χ0) is 17.3. The highest BCUT2D eigenvalue weighted by Gasteiger charge is 2.35. The summed E-state index contributed by atoms with van der Waals surface area (Å²) in [4.78, 5) is 35.1. The van der Waals surface area contributed by atoms with Crippen molar-refractivity contribution in [3.63, 3.8) is 0 Å². The monoisotopic (exact) mass is 337 g/mol. The molecule has 0 spiro atoms.